The van der Waals surface area contributed by atoms with Gasteiger partial charge in [0.25, 0.3) is 5.69 Å². The zero-order chi connectivity index (χ0) is 16.9. The van der Waals surface area contributed by atoms with E-state index in [1.54, 1.807) is 24.5 Å². The first-order valence-electron chi connectivity index (χ1n) is 6.65. The highest BCUT2D eigenvalue weighted by molar-refractivity contribution is 7.18. The van der Waals surface area contributed by atoms with Gasteiger partial charge in [0, 0.05) is 35.7 Å². The minimum absolute atomic E-state index is 0.0348. The van der Waals surface area contributed by atoms with Gasteiger partial charge >= 0.3 is 0 Å². The molecular formula is C14H10N6O3S. The van der Waals surface area contributed by atoms with Gasteiger partial charge in [0.15, 0.2) is 10.8 Å². The topological polar surface area (TPSA) is 126 Å². The summed E-state index contributed by atoms with van der Waals surface area (Å²) in [6, 6.07) is 9.35. The standard InChI is InChI=1S/C14H10N6O3S/c21-19-12(9-3-1-5-11(7-9)20(22)23)16-14-18-17-13(24-14)10-4-2-6-15-8-10/h1-8,21H,(H,16,18,19). The van der Waals surface area contributed by atoms with Gasteiger partial charge in [-0.25, -0.2) is 0 Å². The number of nitrogens with one attached hydrogen (secondary N) is 1. The second-order valence-electron chi connectivity index (χ2n) is 4.51. The molecule has 0 fully saturated rings. The average Bonchev–Trinajstić information content (AvgIpc) is 3.09. The van der Waals surface area contributed by atoms with Gasteiger partial charge in [-0.15, -0.1) is 10.2 Å². The second-order valence-corrected chi connectivity index (χ2v) is 5.47. The summed E-state index contributed by atoms with van der Waals surface area (Å²) in [4.78, 5) is 18.5. The Hall–Kier alpha value is -3.24. The molecule has 0 atom stereocenters. The number of nitrogens with zero attached hydrogens (tertiary/aromatic N) is 5. The van der Waals surface area contributed by atoms with E-state index in [9.17, 15) is 15.3 Å². The van der Waals surface area contributed by atoms with Crippen LogP contribution in [0.4, 0.5) is 10.8 Å². The van der Waals surface area contributed by atoms with E-state index in [0.717, 1.165) is 5.56 Å². The van der Waals surface area contributed by atoms with Crippen molar-refractivity contribution in [3.8, 4) is 10.6 Å². The summed E-state index contributed by atoms with van der Waals surface area (Å²) >= 11 is 1.20. The number of aromatic nitrogens is 3. The molecule has 120 valence electrons. The van der Waals surface area contributed by atoms with Gasteiger partial charge in [0.1, 0.15) is 0 Å². The third-order valence-corrected chi connectivity index (χ3v) is 3.83. The van der Waals surface area contributed by atoms with Gasteiger partial charge in [-0.05, 0) is 12.1 Å². The molecule has 0 bridgehead atoms. The first kappa shape index (κ1) is 15.6. The molecule has 2 aromatic heterocycles. The number of hydrogen-bond acceptors (Lipinski definition) is 8. The van der Waals surface area contributed by atoms with Crippen LogP contribution in [-0.4, -0.2) is 31.1 Å². The van der Waals surface area contributed by atoms with Gasteiger partial charge in [-0.3, -0.25) is 25.8 Å². The fourth-order valence-electron chi connectivity index (χ4n) is 1.88. The largest absolute Gasteiger partial charge is 0.290 e. The molecule has 0 unspecified atom stereocenters. The zero-order valence-corrected chi connectivity index (χ0v) is 12.8. The number of rotatable bonds is 4. The summed E-state index contributed by atoms with van der Waals surface area (Å²) in [5.74, 6) is 0.0348. The highest BCUT2D eigenvalue weighted by atomic mass is 32.1. The maximum Gasteiger partial charge on any atom is 0.270 e. The molecule has 0 saturated carbocycles. The Labute approximate surface area is 139 Å². The lowest BCUT2D eigenvalue weighted by Crippen LogP contribution is -2.20. The molecule has 9 nitrogen and oxygen atoms in total. The smallest absolute Gasteiger partial charge is 0.270 e. The molecular weight excluding hydrogens is 332 g/mol. The normalized spacial score (nSPS) is 11.3. The number of aliphatic imine (C=N–C) groups is 1. The highest BCUT2D eigenvalue weighted by Gasteiger charge is 2.12. The van der Waals surface area contributed by atoms with E-state index in [1.165, 1.54) is 29.5 Å². The van der Waals surface area contributed by atoms with Crippen molar-refractivity contribution >= 4 is 28.0 Å². The number of pyridine rings is 1. The predicted molar refractivity (Wildman–Crippen MR) is 87.4 cm³/mol. The molecule has 2 heterocycles. The van der Waals surface area contributed by atoms with E-state index in [0.29, 0.717) is 10.6 Å². The van der Waals surface area contributed by atoms with E-state index in [4.69, 9.17) is 0 Å². The summed E-state index contributed by atoms with van der Waals surface area (Å²) in [7, 11) is 0. The molecule has 24 heavy (non-hydrogen) atoms. The lowest BCUT2D eigenvalue weighted by atomic mass is 10.2. The predicted octanol–water partition coefficient (Wildman–Crippen LogP) is 2.57. The number of hydrogen-bond donors (Lipinski definition) is 2. The van der Waals surface area contributed by atoms with Crippen LogP contribution in [0.15, 0.2) is 53.8 Å². The number of nitro groups is 1. The minimum atomic E-state index is -0.524. The molecule has 0 aliphatic rings. The third kappa shape index (κ3) is 3.39. The number of benzene rings is 1. The maximum absolute atomic E-state index is 10.8. The summed E-state index contributed by atoms with van der Waals surface area (Å²) in [6.45, 7) is 0. The molecule has 0 spiro atoms. The van der Waals surface area contributed by atoms with Gasteiger partial charge in [0.2, 0.25) is 5.13 Å². The second kappa shape index (κ2) is 6.89. The Balaban J connectivity index is 1.93. The monoisotopic (exact) mass is 342 g/mol. The SMILES string of the molecule is O=[N+]([O-])c1cccc(/C(=N/c2nnc(-c3cccnc3)s2)NO)c1. The van der Waals surface area contributed by atoms with E-state index in [1.807, 2.05) is 11.5 Å². The van der Waals surface area contributed by atoms with Crippen molar-refractivity contribution < 1.29 is 10.1 Å². The fourth-order valence-corrected chi connectivity index (χ4v) is 2.59. The van der Waals surface area contributed by atoms with E-state index in [-0.39, 0.29) is 16.7 Å². The Morgan fingerprint density at radius 1 is 1.29 bits per heavy atom. The van der Waals surface area contributed by atoms with Crippen LogP contribution in [0.1, 0.15) is 5.56 Å². The quantitative estimate of drug-likeness (QED) is 0.323. The van der Waals surface area contributed by atoms with Crippen LogP contribution in [0.5, 0.6) is 0 Å². The van der Waals surface area contributed by atoms with E-state index < -0.39 is 4.92 Å². The Kier molecular flexibility index (Phi) is 4.50. The van der Waals surface area contributed by atoms with Crippen LogP contribution in [0.3, 0.4) is 0 Å². The van der Waals surface area contributed by atoms with Crippen molar-refractivity contribution in [3.05, 3.63) is 64.5 Å². The zero-order valence-electron chi connectivity index (χ0n) is 12.0. The van der Waals surface area contributed by atoms with Crippen molar-refractivity contribution in [1.29, 1.82) is 0 Å². The minimum Gasteiger partial charge on any atom is -0.290 e. The summed E-state index contributed by atoms with van der Waals surface area (Å²) in [5.41, 5.74) is 2.98. The number of non-ortho nitro benzene ring substituents is 1. The molecule has 0 aliphatic carbocycles. The summed E-state index contributed by atoms with van der Waals surface area (Å²) < 4.78 is 0. The van der Waals surface area contributed by atoms with Crippen molar-refractivity contribution in [2.24, 2.45) is 4.99 Å². The Morgan fingerprint density at radius 2 is 2.17 bits per heavy atom. The van der Waals surface area contributed by atoms with Gasteiger partial charge < -0.3 is 0 Å². The summed E-state index contributed by atoms with van der Waals surface area (Å²) in [5, 5.41) is 29.0. The van der Waals surface area contributed by atoms with Crippen molar-refractivity contribution in [3.63, 3.8) is 0 Å². The molecule has 0 radical (unpaired) electrons. The third-order valence-electron chi connectivity index (χ3n) is 2.97. The van der Waals surface area contributed by atoms with Crippen LogP contribution in [0, 0.1) is 10.1 Å². The van der Waals surface area contributed by atoms with Crippen molar-refractivity contribution in [2.75, 3.05) is 0 Å². The van der Waals surface area contributed by atoms with Gasteiger partial charge in [-0.2, -0.15) is 4.99 Å². The number of hydroxylamine groups is 1. The molecule has 10 heteroatoms. The molecule has 1 aromatic carbocycles. The first-order valence-corrected chi connectivity index (χ1v) is 7.46. The highest BCUT2D eigenvalue weighted by Crippen LogP contribution is 2.27. The Morgan fingerprint density at radius 3 is 2.88 bits per heavy atom. The van der Waals surface area contributed by atoms with Crippen LogP contribution in [0.2, 0.25) is 0 Å². The molecule has 3 rings (SSSR count). The van der Waals surface area contributed by atoms with Crippen molar-refractivity contribution in [1.82, 2.24) is 20.7 Å². The average molecular weight is 342 g/mol. The molecule has 2 N–H and O–H groups in total. The van der Waals surface area contributed by atoms with Gasteiger partial charge in [0.05, 0.1) is 4.92 Å². The first-order chi connectivity index (χ1) is 11.7. The lowest BCUT2D eigenvalue weighted by molar-refractivity contribution is -0.384. The maximum atomic E-state index is 10.8. The summed E-state index contributed by atoms with van der Waals surface area (Å²) in [6.07, 6.45) is 3.31. The molecule has 0 aliphatic heterocycles. The van der Waals surface area contributed by atoms with Crippen LogP contribution in [-0.2, 0) is 0 Å². The van der Waals surface area contributed by atoms with Crippen molar-refractivity contribution in [2.45, 2.75) is 0 Å². The fraction of sp³-hybridized carbons (Fsp3) is 0. The molecule has 0 saturated heterocycles. The number of amidine groups is 1. The van der Waals surface area contributed by atoms with E-state index >= 15 is 0 Å². The van der Waals surface area contributed by atoms with Crippen LogP contribution >= 0.6 is 11.3 Å². The van der Waals surface area contributed by atoms with Crippen LogP contribution in [0.25, 0.3) is 10.6 Å². The number of nitro benzene ring substituents is 1. The molecule has 0 amide bonds. The van der Waals surface area contributed by atoms with E-state index in [2.05, 4.69) is 20.2 Å². The van der Waals surface area contributed by atoms with Crippen LogP contribution < -0.4 is 5.48 Å². The van der Waals surface area contributed by atoms with Gasteiger partial charge in [-0.1, -0.05) is 23.5 Å². The molecule has 3 aromatic rings. The Bertz CT molecular complexity index is 896. The lowest BCUT2D eigenvalue weighted by Gasteiger charge is -2.03.